The summed E-state index contributed by atoms with van der Waals surface area (Å²) >= 11 is 0. The second kappa shape index (κ2) is 4.46. The normalized spacial score (nSPS) is 23.4. The van der Waals surface area contributed by atoms with Crippen LogP contribution in [0.4, 0.5) is 11.4 Å². The van der Waals surface area contributed by atoms with Crippen molar-refractivity contribution in [1.82, 2.24) is 4.98 Å². The average molecular weight is 243 g/mol. The van der Waals surface area contributed by atoms with E-state index in [1.807, 2.05) is 24.4 Å². The molecule has 18 heavy (non-hydrogen) atoms. The SMILES string of the molecule is CC1OCCC1Nc1ccc(N)c2cnccc12. The number of ether oxygens (including phenoxy) is 1. The molecule has 2 atom stereocenters. The monoisotopic (exact) mass is 243 g/mol. The highest BCUT2D eigenvalue weighted by Gasteiger charge is 2.24. The molecule has 2 heterocycles. The van der Waals surface area contributed by atoms with Crippen molar-refractivity contribution in [2.24, 2.45) is 0 Å². The van der Waals surface area contributed by atoms with Gasteiger partial charge in [0.1, 0.15) is 0 Å². The second-order valence-corrected chi connectivity index (χ2v) is 4.74. The molecule has 1 aromatic heterocycles. The van der Waals surface area contributed by atoms with Crippen LogP contribution < -0.4 is 11.1 Å². The Balaban J connectivity index is 1.99. The van der Waals surface area contributed by atoms with Gasteiger partial charge in [-0.2, -0.15) is 0 Å². The number of hydrogen-bond acceptors (Lipinski definition) is 4. The summed E-state index contributed by atoms with van der Waals surface area (Å²) < 4.78 is 5.57. The van der Waals surface area contributed by atoms with E-state index in [4.69, 9.17) is 10.5 Å². The van der Waals surface area contributed by atoms with Crippen molar-refractivity contribution < 1.29 is 4.74 Å². The molecule has 1 fully saturated rings. The lowest BCUT2D eigenvalue weighted by molar-refractivity contribution is 0.121. The van der Waals surface area contributed by atoms with Crippen LogP contribution in [0.1, 0.15) is 13.3 Å². The fourth-order valence-corrected chi connectivity index (χ4v) is 2.46. The van der Waals surface area contributed by atoms with Gasteiger partial charge in [-0.3, -0.25) is 4.98 Å². The van der Waals surface area contributed by atoms with Crippen molar-refractivity contribution in [3.63, 3.8) is 0 Å². The van der Waals surface area contributed by atoms with Gasteiger partial charge >= 0.3 is 0 Å². The molecule has 0 saturated carbocycles. The highest BCUT2D eigenvalue weighted by molar-refractivity contribution is 6.00. The second-order valence-electron chi connectivity index (χ2n) is 4.74. The van der Waals surface area contributed by atoms with Crippen LogP contribution in [0.25, 0.3) is 10.8 Å². The number of aromatic nitrogens is 1. The first-order valence-corrected chi connectivity index (χ1v) is 6.26. The maximum atomic E-state index is 5.97. The standard InChI is InChI=1S/C14H17N3O/c1-9-13(5-7-18-9)17-14-3-2-12(15)11-8-16-6-4-10(11)14/h2-4,6,8-9,13,17H,5,7,15H2,1H3. The number of anilines is 2. The number of nitrogens with zero attached hydrogens (tertiary/aromatic N) is 1. The van der Waals surface area contributed by atoms with E-state index in [0.717, 1.165) is 35.2 Å². The van der Waals surface area contributed by atoms with Crippen molar-refractivity contribution in [3.8, 4) is 0 Å². The number of rotatable bonds is 2. The Morgan fingerprint density at radius 1 is 1.33 bits per heavy atom. The zero-order chi connectivity index (χ0) is 12.5. The van der Waals surface area contributed by atoms with Gasteiger partial charge in [0.15, 0.2) is 0 Å². The molecule has 94 valence electrons. The lowest BCUT2D eigenvalue weighted by atomic mass is 10.1. The van der Waals surface area contributed by atoms with E-state index < -0.39 is 0 Å². The Labute approximate surface area is 106 Å². The molecular weight excluding hydrogens is 226 g/mol. The molecule has 3 rings (SSSR count). The molecule has 0 aliphatic carbocycles. The minimum absolute atomic E-state index is 0.249. The van der Waals surface area contributed by atoms with E-state index in [1.54, 1.807) is 6.20 Å². The van der Waals surface area contributed by atoms with Gasteiger partial charge in [-0.1, -0.05) is 0 Å². The van der Waals surface area contributed by atoms with Gasteiger partial charge in [0.2, 0.25) is 0 Å². The number of pyridine rings is 1. The lowest BCUT2D eigenvalue weighted by Gasteiger charge is -2.19. The molecule has 0 spiro atoms. The van der Waals surface area contributed by atoms with Crippen LogP contribution in [0.5, 0.6) is 0 Å². The fraction of sp³-hybridized carbons (Fsp3) is 0.357. The lowest BCUT2D eigenvalue weighted by Crippen LogP contribution is -2.26. The van der Waals surface area contributed by atoms with Crippen LogP contribution in [-0.2, 0) is 4.74 Å². The molecule has 3 N–H and O–H groups in total. The summed E-state index contributed by atoms with van der Waals surface area (Å²) in [6.07, 6.45) is 4.89. The molecule has 2 unspecified atom stereocenters. The summed E-state index contributed by atoms with van der Waals surface area (Å²) in [6, 6.07) is 6.31. The van der Waals surface area contributed by atoms with E-state index in [0.29, 0.717) is 6.04 Å². The number of fused-ring (bicyclic) bond motifs is 1. The van der Waals surface area contributed by atoms with Gasteiger partial charge in [0, 0.05) is 41.1 Å². The van der Waals surface area contributed by atoms with Crippen LogP contribution in [0.2, 0.25) is 0 Å². The van der Waals surface area contributed by atoms with Crippen molar-refractivity contribution in [1.29, 1.82) is 0 Å². The van der Waals surface area contributed by atoms with Crippen LogP contribution in [0.15, 0.2) is 30.6 Å². The van der Waals surface area contributed by atoms with Crippen LogP contribution in [-0.4, -0.2) is 23.7 Å². The summed E-state index contributed by atoms with van der Waals surface area (Å²) in [6.45, 7) is 2.93. The van der Waals surface area contributed by atoms with Gasteiger partial charge in [-0.25, -0.2) is 0 Å². The zero-order valence-electron chi connectivity index (χ0n) is 10.4. The van der Waals surface area contributed by atoms with Crippen molar-refractivity contribution in [3.05, 3.63) is 30.6 Å². The molecule has 4 nitrogen and oxygen atoms in total. The quantitative estimate of drug-likeness (QED) is 0.795. The third-order valence-electron chi connectivity index (χ3n) is 3.57. The van der Waals surface area contributed by atoms with E-state index >= 15 is 0 Å². The highest BCUT2D eigenvalue weighted by Crippen LogP contribution is 2.29. The Morgan fingerprint density at radius 2 is 2.22 bits per heavy atom. The number of hydrogen-bond donors (Lipinski definition) is 2. The summed E-state index contributed by atoms with van der Waals surface area (Å²) in [5.41, 5.74) is 7.83. The zero-order valence-corrected chi connectivity index (χ0v) is 10.4. The average Bonchev–Trinajstić information content (AvgIpc) is 2.79. The van der Waals surface area contributed by atoms with Gasteiger partial charge in [-0.05, 0) is 31.5 Å². The molecule has 0 radical (unpaired) electrons. The topological polar surface area (TPSA) is 60.2 Å². The Hall–Kier alpha value is -1.81. The third kappa shape index (κ3) is 1.88. The molecule has 0 amide bonds. The van der Waals surface area contributed by atoms with Crippen LogP contribution in [0.3, 0.4) is 0 Å². The largest absolute Gasteiger partial charge is 0.398 e. The molecule has 1 aromatic carbocycles. The minimum atomic E-state index is 0.249. The summed E-state index contributed by atoms with van der Waals surface area (Å²) in [5, 5.41) is 5.66. The van der Waals surface area contributed by atoms with E-state index in [1.165, 1.54) is 0 Å². The first kappa shape index (κ1) is 11.3. The summed E-state index contributed by atoms with van der Waals surface area (Å²) in [4.78, 5) is 4.13. The van der Waals surface area contributed by atoms with E-state index in [-0.39, 0.29) is 6.10 Å². The predicted octanol–water partition coefficient (Wildman–Crippen LogP) is 2.41. The molecule has 1 aliphatic rings. The van der Waals surface area contributed by atoms with Crippen LogP contribution >= 0.6 is 0 Å². The van der Waals surface area contributed by atoms with Gasteiger partial charge in [0.25, 0.3) is 0 Å². The molecule has 2 aromatic rings. The first-order valence-electron chi connectivity index (χ1n) is 6.26. The number of nitrogens with one attached hydrogen (secondary N) is 1. The van der Waals surface area contributed by atoms with Crippen molar-refractivity contribution in [2.45, 2.75) is 25.5 Å². The fourth-order valence-electron chi connectivity index (χ4n) is 2.46. The first-order chi connectivity index (χ1) is 8.75. The maximum absolute atomic E-state index is 5.97. The van der Waals surface area contributed by atoms with Gasteiger partial charge < -0.3 is 15.8 Å². The molecule has 1 aliphatic heterocycles. The Bertz CT molecular complexity index is 570. The summed E-state index contributed by atoms with van der Waals surface area (Å²) in [5.74, 6) is 0. The predicted molar refractivity (Wildman–Crippen MR) is 73.6 cm³/mol. The molecular formula is C14H17N3O. The maximum Gasteiger partial charge on any atom is 0.0748 e. The van der Waals surface area contributed by atoms with E-state index in [9.17, 15) is 0 Å². The summed E-state index contributed by atoms with van der Waals surface area (Å²) in [7, 11) is 0. The number of benzene rings is 1. The van der Waals surface area contributed by atoms with Crippen molar-refractivity contribution >= 4 is 22.1 Å². The molecule has 1 saturated heterocycles. The number of nitrogens with two attached hydrogens (primary N) is 1. The number of nitrogen functional groups attached to an aromatic ring is 1. The smallest absolute Gasteiger partial charge is 0.0748 e. The highest BCUT2D eigenvalue weighted by atomic mass is 16.5. The third-order valence-corrected chi connectivity index (χ3v) is 3.57. The van der Waals surface area contributed by atoms with Gasteiger partial charge in [-0.15, -0.1) is 0 Å². The van der Waals surface area contributed by atoms with E-state index in [2.05, 4.69) is 17.2 Å². The molecule has 0 bridgehead atoms. The van der Waals surface area contributed by atoms with Crippen LogP contribution in [0, 0.1) is 0 Å². The Kier molecular flexibility index (Phi) is 2.80. The van der Waals surface area contributed by atoms with Crippen molar-refractivity contribution in [2.75, 3.05) is 17.7 Å². The minimum Gasteiger partial charge on any atom is -0.398 e. The molecule has 4 heteroatoms. The van der Waals surface area contributed by atoms with Gasteiger partial charge in [0.05, 0.1) is 12.1 Å². The Morgan fingerprint density at radius 3 is 3.00 bits per heavy atom.